The molecule has 1 nitrogen and oxygen atoms in total. The van der Waals surface area contributed by atoms with Crippen LogP contribution in [0.15, 0.2) is 59.0 Å². The number of hydrogen-bond donors (Lipinski definition) is 0. The molecule has 3 aromatic rings. The second-order valence-corrected chi connectivity index (χ2v) is 3.85. The summed E-state index contributed by atoms with van der Waals surface area (Å²) in [7, 11) is 0. The van der Waals surface area contributed by atoms with Crippen LogP contribution < -0.4 is 0 Å². The second-order valence-electron chi connectivity index (χ2n) is 3.85. The normalized spacial score (nSPS) is 9.56. The molecule has 0 fully saturated rings. The molecule has 0 saturated carbocycles. The van der Waals surface area contributed by atoms with Crippen LogP contribution in [0.4, 0.5) is 0 Å². The summed E-state index contributed by atoms with van der Waals surface area (Å²) in [6.07, 6.45) is 0. The van der Waals surface area contributed by atoms with E-state index < -0.39 is 0 Å². The first-order valence-corrected chi connectivity index (χ1v) is 5.24. The van der Waals surface area contributed by atoms with Crippen molar-refractivity contribution in [3.8, 4) is 11.3 Å². The number of hydrogen-bond acceptors (Lipinski definition) is 1. The van der Waals surface area contributed by atoms with Gasteiger partial charge in [0.25, 0.3) is 0 Å². The fraction of sp³-hybridized carbons (Fsp3) is 0. The third-order valence-electron chi connectivity index (χ3n) is 2.66. The Kier molecular flexibility index (Phi) is 5.19. The molecule has 0 spiro atoms. The quantitative estimate of drug-likeness (QED) is 0.592. The zero-order chi connectivity index (χ0) is 11.0. The van der Waals surface area contributed by atoms with Crippen molar-refractivity contribution in [1.29, 1.82) is 0 Å². The monoisotopic (exact) mass is 311 g/mol. The molecular formula is C16H14OY-2. The van der Waals surface area contributed by atoms with E-state index in [2.05, 4.69) is 19.1 Å². The van der Waals surface area contributed by atoms with E-state index >= 15 is 0 Å². The van der Waals surface area contributed by atoms with E-state index in [-0.39, 0.29) is 40.1 Å². The third-order valence-corrected chi connectivity index (χ3v) is 2.66. The van der Waals surface area contributed by atoms with Crippen molar-refractivity contribution in [3.63, 3.8) is 0 Å². The van der Waals surface area contributed by atoms with Gasteiger partial charge in [-0.1, -0.05) is 18.2 Å². The zero-order valence-corrected chi connectivity index (χ0v) is 13.2. The number of para-hydroxylation sites is 1. The van der Waals surface area contributed by atoms with E-state index in [1.165, 1.54) is 0 Å². The van der Waals surface area contributed by atoms with Gasteiger partial charge in [0.1, 0.15) is 11.3 Å². The molecule has 3 rings (SSSR count). The van der Waals surface area contributed by atoms with Crippen LogP contribution in [0.25, 0.3) is 22.3 Å². The number of rotatable bonds is 1. The van der Waals surface area contributed by atoms with E-state index in [9.17, 15) is 0 Å². The third kappa shape index (κ3) is 2.85. The molecule has 18 heavy (non-hydrogen) atoms. The van der Waals surface area contributed by atoms with Crippen LogP contribution >= 0.6 is 0 Å². The summed E-state index contributed by atoms with van der Waals surface area (Å²) < 4.78 is 5.77. The zero-order valence-electron chi connectivity index (χ0n) is 10.4. The molecule has 0 saturated heterocycles. The van der Waals surface area contributed by atoms with Gasteiger partial charge in [0.15, 0.2) is 0 Å². The Morgan fingerprint density at radius 3 is 2.22 bits per heavy atom. The first kappa shape index (κ1) is 15.0. The van der Waals surface area contributed by atoms with Gasteiger partial charge in [0.2, 0.25) is 0 Å². The van der Waals surface area contributed by atoms with Crippen LogP contribution in [0.2, 0.25) is 0 Å². The van der Waals surface area contributed by atoms with Crippen LogP contribution in [0.3, 0.4) is 0 Å². The second kappa shape index (κ2) is 6.22. The van der Waals surface area contributed by atoms with Gasteiger partial charge < -0.3 is 11.8 Å². The molecule has 0 N–H and O–H groups in total. The van der Waals surface area contributed by atoms with E-state index in [1.54, 1.807) is 0 Å². The van der Waals surface area contributed by atoms with E-state index in [0.717, 1.165) is 27.9 Å². The summed E-state index contributed by atoms with van der Waals surface area (Å²) >= 11 is 0. The standard InChI is InChI=1S/C15H11O.CH3.Y/c1-11-6-8-12(9-7-11)15-10-13-4-2-3-5-14(13)16-15;;/h2-10H,1H2;1H3;/q2*-1;. The number of fused-ring (bicyclic) bond motifs is 1. The molecule has 89 valence electrons. The fourth-order valence-electron chi connectivity index (χ4n) is 1.79. The minimum Gasteiger partial charge on any atom is -0.456 e. The van der Waals surface area contributed by atoms with Crippen molar-refractivity contribution in [3.05, 3.63) is 74.5 Å². The van der Waals surface area contributed by atoms with Crippen molar-refractivity contribution >= 4 is 11.0 Å². The molecule has 0 atom stereocenters. The van der Waals surface area contributed by atoms with Gasteiger partial charge in [-0.05, 0) is 17.7 Å². The average Bonchev–Trinajstić information content (AvgIpc) is 2.73. The summed E-state index contributed by atoms with van der Waals surface area (Å²) in [6, 6.07) is 18.1. The topological polar surface area (TPSA) is 13.1 Å². The Morgan fingerprint density at radius 1 is 0.889 bits per heavy atom. The molecule has 1 heterocycles. The van der Waals surface area contributed by atoms with Gasteiger partial charge in [-0.3, -0.25) is 0 Å². The Hall–Kier alpha value is -1.05. The van der Waals surface area contributed by atoms with Crippen LogP contribution in [-0.4, -0.2) is 0 Å². The van der Waals surface area contributed by atoms with Gasteiger partial charge in [0.05, 0.1) is 0 Å². The molecule has 0 bridgehead atoms. The van der Waals surface area contributed by atoms with Crippen molar-refractivity contribution in [2.75, 3.05) is 0 Å². The molecule has 2 heteroatoms. The fourth-order valence-corrected chi connectivity index (χ4v) is 1.79. The van der Waals surface area contributed by atoms with Gasteiger partial charge in [-0.15, -0.1) is 12.1 Å². The van der Waals surface area contributed by atoms with Gasteiger partial charge in [-0.2, -0.15) is 24.6 Å². The number of furan rings is 1. The first-order valence-electron chi connectivity index (χ1n) is 5.24. The summed E-state index contributed by atoms with van der Waals surface area (Å²) in [5, 5.41) is 1.14. The predicted octanol–water partition coefficient (Wildman–Crippen LogP) is 4.73. The molecule has 1 radical (unpaired) electrons. The predicted molar refractivity (Wildman–Crippen MR) is 72.5 cm³/mol. The van der Waals surface area contributed by atoms with Gasteiger partial charge in [-0.25, -0.2) is 0 Å². The van der Waals surface area contributed by atoms with Crippen LogP contribution in [0.5, 0.6) is 0 Å². The van der Waals surface area contributed by atoms with Crippen LogP contribution in [-0.2, 0) is 32.7 Å². The minimum absolute atomic E-state index is 0. The minimum atomic E-state index is 0. The van der Waals surface area contributed by atoms with Crippen LogP contribution in [0.1, 0.15) is 5.56 Å². The largest absolute Gasteiger partial charge is 0.456 e. The Morgan fingerprint density at radius 2 is 1.56 bits per heavy atom. The summed E-state index contributed by atoms with van der Waals surface area (Å²) in [5.41, 5.74) is 3.03. The smallest absolute Gasteiger partial charge is 0.134 e. The number of benzene rings is 2. The molecule has 1 aromatic heterocycles. The molecule has 0 amide bonds. The first-order chi connectivity index (χ1) is 7.83. The molecule has 2 aromatic carbocycles. The summed E-state index contributed by atoms with van der Waals surface area (Å²) in [4.78, 5) is 0. The van der Waals surface area contributed by atoms with Gasteiger partial charge >= 0.3 is 0 Å². The molecule has 0 aliphatic rings. The maximum Gasteiger partial charge on any atom is 0.134 e. The maximum atomic E-state index is 5.77. The maximum absolute atomic E-state index is 5.77. The molecular weight excluding hydrogens is 297 g/mol. The molecule has 0 aliphatic heterocycles. The van der Waals surface area contributed by atoms with Crippen LogP contribution in [0, 0.1) is 14.4 Å². The summed E-state index contributed by atoms with van der Waals surface area (Å²) in [5.74, 6) is 0.904. The Bertz CT molecular complexity index is 590. The Balaban J connectivity index is 0.000000810. The molecule has 0 unspecified atom stereocenters. The van der Waals surface area contributed by atoms with Crippen molar-refractivity contribution < 1.29 is 37.1 Å². The molecule has 0 aliphatic carbocycles. The van der Waals surface area contributed by atoms with Gasteiger partial charge in [0, 0.05) is 38.1 Å². The van der Waals surface area contributed by atoms with E-state index in [4.69, 9.17) is 4.42 Å². The SMILES string of the molecule is [CH2-]c1ccc(-c2cc3ccccc3o2)cc1.[CH3-].[Y]. The van der Waals surface area contributed by atoms with E-state index in [1.807, 2.05) is 42.5 Å². The average molecular weight is 311 g/mol. The van der Waals surface area contributed by atoms with Crippen molar-refractivity contribution in [2.24, 2.45) is 0 Å². The summed E-state index contributed by atoms with van der Waals surface area (Å²) in [6.45, 7) is 3.87. The van der Waals surface area contributed by atoms with E-state index in [0.29, 0.717) is 0 Å². The Labute approximate surface area is 133 Å². The van der Waals surface area contributed by atoms with Crippen molar-refractivity contribution in [2.45, 2.75) is 0 Å². The van der Waals surface area contributed by atoms with Crippen molar-refractivity contribution in [1.82, 2.24) is 0 Å².